The maximum atomic E-state index is 14.4. The van der Waals surface area contributed by atoms with E-state index < -0.39 is 5.97 Å². The van der Waals surface area contributed by atoms with E-state index >= 15 is 0 Å². The molecule has 0 unspecified atom stereocenters. The highest BCUT2D eigenvalue weighted by Gasteiger charge is 2.65. The summed E-state index contributed by atoms with van der Waals surface area (Å²) in [5, 5.41) is 9.26. The smallest absolute Gasteiger partial charge is 0.303 e. The highest BCUT2D eigenvalue weighted by Crippen LogP contribution is 2.68. The summed E-state index contributed by atoms with van der Waals surface area (Å²) in [6.45, 7) is 10.1. The van der Waals surface area contributed by atoms with E-state index in [1.807, 2.05) is 12.1 Å². The zero-order chi connectivity index (χ0) is 27.9. The summed E-state index contributed by atoms with van der Waals surface area (Å²) in [4.78, 5) is 25.6. The number of rotatable bonds is 9. The summed E-state index contributed by atoms with van der Waals surface area (Å²) in [5.74, 6) is 3.30. The van der Waals surface area contributed by atoms with E-state index in [1.165, 1.54) is 6.42 Å². The number of carbonyl (C=O) groups is 2. The monoisotopic (exact) mass is 538 g/mol. The van der Waals surface area contributed by atoms with Crippen LogP contribution in [0.4, 0.5) is 0 Å². The van der Waals surface area contributed by atoms with Crippen molar-refractivity contribution in [1.82, 2.24) is 0 Å². The molecule has 1 N–H and O–H groups in total. The molecule has 0 aromatic heterocycles. The van der Waals surface area contributed by atoms with Gasteiger partial charge in [-0.15, -0.1) is 0 Å². The number of carbonyl (C=O) groups excluding carboxylic acids is 1. The number of methoxy groups -OCH3 is 1. The lowest BCUT2D eigenvalue weighted by Gasteiger charge is -2.62. The molecule has 4 aliphatic rings. The molecule has 5 heteroatoms. The normalized spacial score (nSPS) is 40.3. The zero-order valence-corrected chi connectivity index (χ0v) is 24.8. The van der Waals surface area contributed by atoms with E-state index in [0.717, 1.165) is 62.7 Å². The summed E-state index contributed by atoms with van der Waals surface area (Å²) in [7, 11) is 1.69. The third kappa shape index (κ3) is 5.06. The van der Waals surface area contributed by atoms with Gasteiger partial charge in [0.2, 0.25) is 0 Å². The third-order valence-corrected chi connectivity index (χ3v) is 12.3. The number of ketones is 1. The van der Waals surface area contributed by atoms with Gasteiger partial charge in [0.15, 0.2) is 0 Å². The first-order valence-corrected chi connectivity index (χ1v) is 15.6. The Hall–Kier alpha value is -1.88. The fourth-order valence-corrected chi connectivity index (χ4v) is 10.2. The number of aliphatic carboxylic acids is 1. The highest BCUT2D eigenvalue weighted by atomic mass is 16.5. The second-order valence-electron chi connectivity index (χ2n) is 14.0. The molecule has 0 bridgehead atoms. The van der Waals surface area contributed by atoms with Crippen molar-refractivity contribution in [3.63, 3.8) is 0 Å². The molecule has 5 nitrogen and oxygen atoms in total. The standard InChI is InChI=1S/C34H50O5/c1-6-25-29-19-24(39-20-22-8-10-23(38-5)11-9-22)15-17-34(29,4)28-16-18-33(3)26(21(2)7-14-30(35)36)12-13-27(33)31(28)32(25)37/h8-11,21,24-29,31H,6-7,12-20H2,1-5H3,(H,35,36)/t21-,24-,25-,26-,27+,28+,29+,31+,33-,34-/m1/s1. The lowest BCUT2D eigenvalue weighted by Crippen LogP contribution is -2.60. The van der Waals surface area contributed by atoms with E-state index in [1.54, 1.807) is 7.11 Å². The molecule has 4 fully saturated rings. The third-order valence-electron chi connectivity index (χ3n) is 12.3. The Bertz CT molecular complexity index is 1030. The fraction of sp³-hybridized carbons (Fsp3) is 0.765. The maximum Gasteiger partial charge on any atom is 0.303 e. The van der Waals surface area contributed by atoms with Gasteiger partial charge in [0.25, 0.3) is 0 Å². The average molecular weight is 539 g/mol. The molecule has 0 heterocycles. The minimum atomic E-state index is -0.693. The van der Waals surface area contributed by atoms with Crippen LogP contribution in [-0.4, -0.2) is 30.1 Å². The van der Waals surface area contributed by atoms with E-state index in [0.29, 0.717) is 42.0 Å². The second kappa shape index (κ2) is 11.2. The van der Waals surface area contributed by atoms with Gasteiger partial charge in [-0.2, -0.15) is 0 Å². The van der Waals surface area contributed by atoms with Gasteiger partial charge in [0, 0.05) is 18.3 Å². The maximum absolute atomic E-state index is 14.4. The fourth-order valence-electron chi connectivity index (χ4n) is 10.2. The van der Waals surface area contributed by atoms with Crippen molar-refractivity contribution >= 4 is 11.8 Å². The molecule has 0 aliphatic heterocycles. The molecule has 0 spiro atoms. The summed E-state index contributed by atoms with van der Waals surface area (Å²) in [5.41, 5.74) is 1.53. The molecule has 0 radical (unpaired) electrons. The van der Waals surface area contributed by atoms with Gasteiger partial charge in [-0.25, -0.2) is 0 Å². The molecule has 0 amide bonds. The number of hydrogen-bond donors (Lipinski definition) is 1. The van der Waals surface area contributed by atoms with Crippen molar-refractivity contribution in [2.45, 2.75) is 105 Å². The van der Waals surface area contributed by atoms with Crippen LogP contribution >= 0.6 is 0 Å². The molecule has 0 saturated heterocycles. The Labute approximate surface area is 235 Å². The van der Waals surface area contributed by atoms with E-state index in [4.69, 9.17) is 9.47 Å². The molecular formula is C34H50O5. The number of carboxylic acids is 1. The van der Waals surface area contributed by atoms with Gasteiger partial charge < -0.3 is 14.6 Å². The minimum absolute atomic E-state index is 0.134. The molecule has 39 heavy (non-hydrogen) atoms. The number of ether oxygens (including phenoxy) is 2. The molecule has 4 saturated carbocycles. The van der Waals surface area contributed by atoms with Gasteiger partial charge in [0.05, 0.1) is 19.8 Å². The molecular weight excluding hydrogens is 488 g/mol. The second-order valence-corrected chi connectivity index (χ2v) is 14.0. The van der Waals surface area contributed by atoms with Crippen molar-refractivity contribution in [2.75, 3.05) is 7.11 Å². The first-order valence-electron chi connectivity index (χ1n) is 15.6. The van der Waals surface area contributed by atoms with Crippen LogP contribution in [0.5, 0.6) is 5.75 Å². The number of Topliss-reactive ketones (excluding diaryl/α,β-unsaturated/α-hetero) is 1. The molecule has 10 atom stereocenters. The molecule has 5 rings (SSSR count). The van der Waals surface area contributed by atoms with Gasteiger partial charge in [0.1, 0.15) is 11.5 Å². The summed E-state index contributed by atoms with van der Waals surface area (Å²) in [6.07, 6.45) is 9.98. The van der Waals surface area contributed by atoms with Crippen molar-refractivity contribution in [3.8, 4) is 5.75 Å². The Morgan fingerprint density at radius 2 is 1.72 bits per heavy atom. The van der Waals surface area contributed by atoms with Crippen molar-refractivity contribution in [2.24, 2.45) is 52.3 Å². The lowest BCUT2D eigenvalue weighted by molar-refractivity contribution is -0.176. The number of fused-ring (bicyclic) bond motifs is 5. The van der Waals surface area contributed by atoms with Crippen LogP contribution in [0.15, 0.2) is 24.3 Å². The Kier molecular flexibility index (Phi) is 8.21. The zero-order valence-electron chi connectivity index (χ0n) is 24.8. The molecule has 1 aromatic rings. The predicted octanol–water partition coefficient (Wildman–Crippen LogP) is 7.56. The van der Waals surface area contributed by atoms with Gasteiger partial charge in [-0.3, -0.25) is 9.59 Å². The average Bonchev–Trinajstić information content (AvgIpc) is 3.28. The lowest BCUT2D eigenvalue weighted by atomic mass is 9.42. The predicted molar refractivity (Wildman–Crippen MR) is 152 cm³/mol. The van der Waals surface area contributed by atoms with E-state index in [2.05, 4.69) is 39.8 Å². The summed E-state index contributed by atoms with van der Waals surface area (Å²) in [6, 6.07) is 8.12. The SMILES string of the molecule is CC[C@H]1C(=O)[C@@H]2[C@H](CC[C@]3(C)[C@@H]([C@H](C)CCC(=O)O)CC[C@@H]23)[C@@]2(C)CC[C@@H](OCc3ccc(OC)cc3)C[C@@H]12. The molecule has 216 valence electrons. The first kappa shape index (κ1) is 28.6. The number of hydrogen-bond acceptors (Lipinski definition) is 4. The Morgan fingerprint density at radius 3 is 2.38 bits per heavy atom. The van der Waals surface area contributed by atoms with Gasteiger partial charge in [-0.05, 0) is 116 Å². The molecule has 4 aliphatic carbocycles. The van der Waals surface area contributed by atoms with Crippen LogP contribution < -0.4 is 4.74 Å². The Balaban J connectivity index is 1.31. The van der Waals surface area contributed by atoms with Crippen LogP contribution in [0.1, 0.15) is 97.5 Å². The largest absolute Gasteiger partial charge is 0.497 e. The number of carboxylic acid groups (broad SMARTS) is 1. The highest BCUT2D eigenvalue weighted by molar-refractivity contribution is 5.86. The van der Waals surface area contributed by atoms with Crippen LogP contribution in [0.25, 0.3) is 0 Å². The van der Waals surface area contributed by atoms with Crippen molar-refractivity contribution < 1.29 is 24.2 Å². The molecule has 1 aromatic carbocycles. The van der Waals surface area contributed by atoms with Crippen LogP contribution in [0, 0.1) is 52.3 Å². The van der Waals surface area contributed by atoms with Crippen LogP contribution in [0.2, 0.25) is 0 Å². The van der Waals surface area contributed by atoms with E-state index in [-0.39, 0.29) is 35.2 Å². The Morgan fingerprint density at radius 1 is 1.03 bits per heavy atom. The quantitative estimate of drug-likeness (QED) is 0.351. The van der Waals surface area contributed by atoms with Crippen molar-refractivity contribution in [3.05, 3.63) is 29.8 Å². The van der Waals surface area contributed by atoms with Crippen LogP contribution in [0.3, 0.4) is 0 Å². The van der Waals surface area contributed by atoms with E-state index in [9.17, 15) is 14.7 Å². The topological polar surface area (TPSA) is 72.8 Å². The number of benzene rings is 1. The van der Waals surface area contributed by atoms with Crippen molar-refractivity contribution in [1.29, 1.82) is 0 Å². The first-order chi connectivity index (χ1) is 18.6. The summed E-state index contributed by atoms with van der Waals surface area (Å²) < 4.78 is 11.8. The van der Waals surface area contributed by atoms with Crippen LogP contribution in [-0.2, 0) is 20.9 Å². The van der Waals surface area contributed by atoms with Gasteiger partial charge >= 0.3 is 5.97 Å². The minimum Gasteiger partial charge on any atom is -0.497 e. The summed E-state index contributed by atoms with van der Waals surface area (Å²) >= 11 is 0. The van der Waals surface area contributed by atoms with Gasteiger partial charge in [-0.1, -0.05) is 39.8 Å².